The van der Waals surface area contributed by atoms with Crippen LogP contribution in [0.5, 0.6) is 0 Å². The Morgan fingerprint density at radius 2 is 2.05 bits per heavy atom. The highest BCUT2D eigenvalue weighted by Gasteiger charge is 2.25. The molecule has 0 saturated heterocycles. The van der Waals surface area contributed by atoms with E-state index in [-0.39, 0.29) is 17.2 Å². The van der Waals surface area contributed by atoms with Crippen molar-refractivity contribution in [1.82, 2.24) is 10.3 Å². The van der Waals surface area contributed by atoms with E-state index in [4.69, 9.17) is 0 Å². The summed E-state index contributed by atoms with van der Waals surface area (Å²) in [5.74, 6) is 0. The number of hydrogen-bond donors (Lipinski definition) is 2. The lowest BCUT2D eigenvalue weighted by Gasteiger charge is -2.29. The number of fused-ring (bicyclic) bond motifs is 1. The van der Waals surface area contributed by atoms with Crippen molar-refractivity contribution in [3.63, 3.8) is 0 Å². The number of nitrogens with zero attached hydrogens (tertiary/aromatic N) is 3. The molecule has 8 nitrogen and oxygen atoms in total. The first kappa shape index (κ1) is 12.8. The quantitative estimate of drug-likeness (QED) is 0.650. The van der Waals surface area contributed by atoms with Crippen LogP contribution in [0.3, 0.4) is 0 Å². The lowest BCUT2D eigenvalue weighted by Crippen LogP contribution is -2.36. The molecule has 0 amide bonds. The monoisotopic (exact) mass is 278 g/mol. The van der Waals surface area contributed by atoms with Crippen LogP contribution in [-0.4, -0.2) is 32.5 Å². The fourth-order valence-electron chi connectivity index (χ4n) is 2.60. The molecule has 20 heavy (non-hydrogen) atoms. The first-order valence-electron chi connectivity index (χ1n) is 6.51. The highest BCUT2D eigenvalue weighted by molar-refractivity contribution is 5.93. The van der Waals surface area contributed by atoms with E-state index in [1.807, 2.05) is 0 Å². The van der Waals surface area contributed by atoms with Crippen molar-refractivity contribution in [1.29, 1.82) is 0 Å². The Morgan fingerprint density at radius 3 is 2.80 bits per heavy atom. The fraction of sp³-hybridized carbons (Fsp3) is 0.500. The fourth-order valence-corrected chi connectivity index (χ4v) is 2.60. The van der Waals surface area contributed by atoms with Gasteiger partial charge in [-0.15, -0.1) is 0 Å². The predicted octanol–water partition coefficient (Wildman–Crippen LogP) is 1.85. The molecule has 8 heteroatoms. The molecule has 1 aliphatic carbocycles. The number of non-ortho nitro benzene ring substituents is 1. The van der Waals surface area contributed by atoms with Crippen molar-refractivity contribution >= 4 is 22.4 Å². The van der Waals surface area contributed by atoms with Crippen molar-refractivity contribution in [3.8, 4) is 0 Å². The van der Waals surface area contributed by atoms with E-state index in [1.165, 1.54) is 6.07 Å². The minimum atomic E-state index is -0.522. The topological polar surface area (TPSA) is 114 Å². The van der Waals surface area contributed by atoms with Crippen LogP contribution in [0.25, 0.3) is 11.0 Å². The minimum absolute atomic E-state index is 0.0786. The van der Waals surface area contributed by atoms with E-state index in [2.05, 4.69) is 20.3 Å². The summed E-state index contributed by atoms with van der Waals surface area (Å²) < 4.78 is 4.61. The van der Waals surface area contributed by atoms with Crippen molar-refractivity contribution in [2.75, 3.05) is 5.32 Å². The average molecular weight is 278 g/mol. The number of nitro benzene ring substituents is 1. The molecule has 2 atom stereocenters. The van der Waals surface area contributed by atoms with Gasteiger partial charge in [-0.05, 0) is 29.2 Å². The largest absolute Gasteiger partial charge is 0.391 e. The van der Waals surface area contributed by atoms with Gasteiger partial charge in [-0.25, -0.2) is 4.63 Å². The molecule has 1 aromatic carbocycles. The maximum Gasteiger partial charge on any atom is 0.300 e. The molecule has 3 rings (SSSR count). The van der Waals surface area contributed by atoms with Gasteiger partial charge in [0.05, 0.1) is 22.8 Å². The predicted molar refractivity (Wildman–Crippen MR) is 70.3 cm³/mol. The maximum absolute atomic E-state index is 10.9. The van der Waals surface area contributed by atoms with Gasteiger partial charge in [0, 0.05) is 6.07 Å². The Labute approximate surface area is 113 Å². The summed E-state index contributed by atoms with van der Waals surface area (Å²) in [6.07, 6.45) is 3.24. The highest BCUT2D eigenvalue weighted by Crippen LogP contribution is 2.31. The molecule has 0 spiro atoms. The lowest BCUT2D eigenvalue weighted by atomic mass is 9.92. The number of hydrogen-bond acceptors (Lipinski definition) is 7. The van der Waals surface area contributed by atoms with E-state index < -0.39 is 11.0 Å². The Morgan fingerprint density at radius 1 is 1.30 bits per heavy atom. The molecule has 2 unspecified atom stereocenters. The molecule has 0 bridgehead atoms. The molecule has 1 fully saturated rings. The second kappa shape index (κ2) is 5.04. The van der Waals surface area contributed by atoms with Crippen molar-refractivity contribution in [3.05, 3.63) is 22.2 Å². The third-order valence-electron chi connectivity index (χ3n) is 3.66. The molecule has 1 heterocycles. The SMILES string of the molecule is O=[N+]([O-])c1ccc(NC2CCCCC2O)c2nonc12. The van der Waals surface area contributed by atoms with Gasteiger partial charge < -0.3 is 10.4 Å². The number of rotatable bonds is 3. The zero-order valence-electron chi connectivity index (χ0n) is 10.7. The molecule has 1 saturated carbocycles. The summed E-state index contributed by atoms with van der Waals surface area (Å²) in [4.78, 5) is 10.4. The van der Waals surface area contributed by atoms with E-state index in [9.17, 15) is 15.2 Å². The summed E-state index contributed by atoms with van der Waals surface area (Å²) in [6.45, 7) is 0. The lowest BCUT2D eigenvalue weighted by molar-refractivity contribution is -0.383. The maximum atomic E-state index is 10.9. The molecule has 0 aliphatic heterocycles. The van der Waals surface area contributed by atoms with Gasteiger partial charge in [0.2, 0.25) is 5.52 Å². The van der Waals surface area contributed by atoms with Crippen LogP contribution in [0.15, 0.2) is 16.8 Å². The zero-order valence-corrected chi connectivity index (χ0v) is 10.7. The Hall–Kier alpha value is -2.22. The molecular formula is C12H14N4O4. The van der Waals surface area contributed by atoms with E-state index in [1.54, 1.807) is 6.07 Å². The van der Waals surface area contributed by atoms with Crippen LogP contribution in [0, 0.1) is 10.1 Å². The van der Waals surface area contributed by atoms with Crippen molar-refractivity contribution in [2.45, 2.75) is 37.8 Å². The van der Waals surface area contributed by atoms with Gasteiger partial charge in [-0.1, -0.05) is 12.8 Å². The Bertz CT molecular complexity index is 641. The number of aliphatic hydroxyl groups is 1. The number of nitro groups is 1. The molecule has 0 radical (unpaired) electrons. The number of benzene rings is 1. The minimum Gasteiger partial charge on any atom is -0.391 e. The van der Waals surface area contributed by atoms with Crippen molar-refractivity contribution < 1.29 is 14.7 Å². The van der Waals surface area contributed by atoms with Crippen molar-refractivity contribution in [2.24, 2.45) is 0 Å². The number of aliphatic hydroxyl groups excluding tert-OH is 1. The first-order chi connectivity index (χ1) is 9.66. The molecule has 1 aromatic heterocycles. The summed E-state index contributed by atoms with van der Waals surface area (Å²) in [6, 6.07) is 2.86. The Kier molecular flexibility index (Phi) is 3.23. The highest BCUT2D eigenvalue weighted by atomic mass is 16.6. The molecular weight excluding hydrogens is 264 g/mol. The van der Waals surface area contributed by atoms with Gasteiger partial charge >= 0.3 is 5.69 Å². The molecule has 2 aromatic rings. The summed E-state index contributed by atoms with van der Waals surface area (Å²) in [5, 5.41) is 31.4. The summed E-state index contributed by atoms with van der Waals surface area (Å²) in [7, 11) is 0. The summed E-state index contributed by atoms with van der Waals surface area (Å²) >= 11 is 0. The van der Waals surface area contributed by atoms with Gasteiger partial charge in [-0.3, -0.25) is 10.1 Å². The standard InChI is InChI=1S/C12H14N4O4/c17-10-4-2-1-3-7(10)13-8-5-6-9(16(18)19)12-11(8)14-20-15-12/h5-7,10,13,17H,1-4H2. The molecule has 1 aliphatic rings. The molecule has 106 valence electrons. The van der Waals surface area contributed by atoms with E-state index in [0.717, 1.165) is 25.7 Å². The second-order valence-corrected chi connectivity index (χ2v) is 4.95. The van der Waals surface area contributed by atoms with Crippen LogP contribution >= 0.6 is 0 Å². The Balaban J connectivity index is 1.94. The van der Waals surface area contributed by atoms with Gasteiger partial charge in [0.25, 0.3) is 0 Å². The number of anilines is 1. The zero-order chi connectivity index (χ0) is 14.1. The second-order valence-electron chi connectivity index (χ2n) is 4.95. The van der Waals surface area contributed by atoms with Gasteiger partial charge in [0.15, 0.2) is 5.52 Å². The number of aromatic nitrogens is 2. The summed E-state index contributed by atoms with van der Waals surface area (Å²) in [5.41, 5.74) is 0.885. The van der Waals surface area contributed by atoms with Crippen LogP contribution in [0.1, 0.15) is 25.7 Å². The molecule has 2 N–H and O–H groups in total. The van der Waals surface area contributed by atoms with Crippen LogP contribution < -0.4 is 5.32 Å². The average Bonchev–Trinajstić information content (AvgIpc) is 2.90. The third-order valence-corrected chi connectivity index (χ3v) is 3.66. The van der Waals surface area contributed by atoms with E-state index in [0.29, 0.717) is 11.2 Å². The van der Waals surface area contributed by atoms with Crippen LogP contribution in [0.2, 0.25) is 0 Å². The van der Waals surface area contributed by atoms with Gasteiger partial charge in [0.1, 0.15) is 0 Å². The number of nitrogens with one attached hydrogen (secondary N) is 1. The third kappa shape index (κ3) is 2.18. The van der Waals surface area contributed by atoms with Crippen LogP contribution in [-0.2, 0) is 0 Å². The smallest absolute Gasteiger partial charge is 0.300 e. The van der Waals surface area contributed by atoms with E-state index >= 15 is 0 Å². The first-order valence-corrected chi connectivity index (χ1v) is 6.51. The van der Waals surface area contributed by atoms with Gasteiger partial charge in [-0.2, -0.15) is 0 Å². The van der Waals surface area contributed by atoms with Crippen LogP contribution in [0.4, 0.5) is 11.4 Å². The normalized spacial score (nSPS) is 22.9.